The SMILES string of the molecule is CCS(=O)(=O)c1ccc2c(c1)CCC(CCCSc1cnc(-c3ccccc3)n1C)NC2. The fourth-order valence-corrected chi connectivity index (χ4v) is 6.05. The van der Waals surface area contributed by atoms with E-state index in [1.54, 1.807) is 13.0 Å². The van der Waals surface area contributed by atoms with E-state index < -0.39 is 9.84 Å². The van der Waals surface area contributed by atoms with E-state index in [0.717, 1.165) is 49.4 Å². The summed E-state index contributed by atoms with van der Waals surface area (Å²) in [7, 11) is -1.07. The summed E-state index contributed by atoms with van der Waals surface area (Å²) in [5.74, 6) is 2.20. The molecule has 0 bridgehead atoms. The predicted octanol–water partition coefficient (Wildman–Crippen LogP) is 4.86. The van der Waals surface area contributed by atoms with Crippen molar-refractivity contribution in [3.05, 3.63) is 65.9 Å². The molecule has 1 aliphatic rings. The molecule has 1 unspecified atom stereocenters. The molecule has 32 heavy (non-hydrogen) atoms. The van der Waals surface area contributed by atoms with Crippen molar-refractivity contribution in [2.45, 2.75) is 55.1 Å². The summed E-state index contributed by atoms with van der Waals surface area (Å²) in [5.41, 5.74) is 3.53. The minimum absolute atomic E-state index is 0.147. The Kier molecular flexibility index (Phi) is 7.38. The molecular formula is C25H31N3O2S2. The first-order valence-corrected chi connectivity index (χ1v) is 13.9. The molecule has 1 N–H and O–H groups in total. The first-order valence-electron chi connectivity index (χ1n) is 11.3. The molecule has 0 saturated carbocycles. The average Bonchev–Trinajstić information content (AvgIpc) is 3.05. The lowest BCUT2D eigenvalue weighted by Crippen LogP contribution is -2.27. The van der Waals surface area contributed by atoms with Gasteiger partial charge in [-0.2, -0.15) is 0 Å². The molecule has 1 aromatic heterocycles. The standard InChI is InChI=1S/C25H31N3O2S2/c1-3-32(29,30)23-14-12-21-17-26-22(13-11-20(21)16-23)10-7-15-31-24-18-27-25(28(24)2)19-8-5-4-6-9-19/h4-6,8-9,12,14,16,18,22,26H,3,7,10-11,13,15,17H2,1-2H3. The van der Waals surface area contributed by atoms with Crippen LogP contribution in [0.4, 0.5) is 0 Å². The monoisotopic (exact) mass is 469 g/mol. The largest absolute Gasteiger partial charge is 0.322 e. The molecule has 0 radical (unpaired) electrons. The van der Waals surface area contributed by atoms with Crippen LogP contribution in [0.15, 0.2) is 64.6 Å². The molecular weight excluding hydrogens is 438 g/mol. The zero-order valence-electron chi connectivity index (χ0n) is 18.8. The Labute approximate surface area is 195 Å². The van der Waals surface area contributed by atoms with Gasteiger partial charge in [0.05, 0.1) is 21.9 Å². The van der Waals surface area contributed by atoms with Crippen molar-refractivity contribution in [1.29, 1.82) is 0 Å². The molecule has 7 heteroatoms. The second kappa shape index (κ2) is 10.2. The van der Waals surface area contributed by atoms with E-state index in [1.807, 2.05) is 48.3 Å². The van der Waals surface area contributed by atoms with Gasteiger partial charge in [-0.1, -0.05) is 43.3 Å². The third-order valence-corrected chi connectivity index (χ3v) is 9.08. The molecule has 5 nitrogen and oxygen atoms in total. The number of hydrogen-bond acceptors (Lipinski definition) is 5. The Morgan fingerprint density at radius 2 is 1.97 bits per heavy atom. The number of nitrogens with one attached hydrogen (secondary N) is 1. The van der Waals surface area contributed by atoms with E-state index in [-0.39, 0.29) is 5.75 Å². The van der Waals surface area contributed by atoms with Crippen molar-refractivity contribution in [3.63, 3.8) is 0 Å². The van der Waals surface area contributed by atoms with Crippen LogP contribution >= 0.6 is 11.8 Å². The summed E-state index contributed by atoms with van der Waals surface area (Å²) in [4.78, 5) is 5.07. The molecule has 2 aromatic carbocycles. The van der Waals surface area contributed by atoms with E-state index in [1.165, 1.54) is 16.2 Å². The maximum Gasteiger partial charge on any atom is 0.178 e. The van der Waals surface area contributed by atoms with Crippen molar-refractivity contribution >= 4 is 21.6 Å². The van der Waals surface area contributed by atoms with Gasteiger partial charge >= 0.3 is 0 Å². The Morgan fingerprint density at radius 3 is 2.75 bits per heavy atom. The van der Waals surface area contributed by atoms with E-state index in [4.69, 9.17) is 0 Å². The Hall–Kier alpha value is -2.09. The number of thioether (sulfide) groups is 1. The summed E-state index contributed by atoms with van der Waals surface area (Å²) < 4.78 is 26.6. The number of aromatic nitrogens is 2. The third-order valence-electron chi connectivity index (χ3n) is 6.18. The molecule has 0 amide bonds. The lowest BCUT2D eigenvalue weighted by atomic mass is 10.0. The molecule has 3 aromatic rings. The molecule has 0 fully saturated rings. The highest BCUT2D eigenvalue weighted by Crippen LogP contribution is 2.27. The zero-order valence-corrected chi connectivity index (χ0v) is 20.4. The molecule has 2 heterocycles. The topological polar surface area (TPSA) is 64.0 Å². The average molecular weight is 470 g/mol. The molecule has 1 aliphatic heterocycles. The van der Waals surface area contributed by atoms with Gasteiger partial charge in [-0.3, -0.25) is 0 Å². The van der Waals surface area contributed by atoms with Gasteiger partial charge in [-0.15, -0.1) is 11.8 Å². The number of benzene rings is 2. The highest BCUT2D eigenvalue weighted by molar-refractivity contribution is 7.99. The molecule has 1 atom stereocenters. The molecule has 170 valence electrons. The molecule has 4 rings (SSSR count). The van der Waals surface area contributed by atoms with Gasteiger partial charge in [0.15, 0.2) is 9.84 Å². The van der Waals surface area contributed by atoms with Gasteiger partial charge in [-0.25, -0.2) is 13.4 Å². The maximum atomic E-state index is 12.2. The summed E-state index contributed by atoms with van der Waals surface area (Å²) in [6, 6.07) is 16.4. The van der Waals surface area contributed by atoms with Crippen LogP contribution in [-0.4, -0.2) is 35.5 Å². The van der Waals surface area contributed by atoms with E-state index in [9.17, 15) is 8.42 Å². The minimum atomic E-state index is -3.15. The normalized spacial score (nSPS) is 16.5. The highest BCUT2D eigenvalue weighted by atomic mass is 32.2. The molecule has 0 saturated heterocycles. The lowest BCUT2D eigenvalue weighted by Gasteiger charge is -2.15. The molecule has 0 aliphatic carbocycles. The first-order chi connectivity index (χ1) is 15.5. The number of aryl methyl sites for hydroxylation is 1. The van der Waals surface area contributed by atoms with Crippen molar-refractivity contribution in [2.75, 3.05) is 11.5 Å². The van der Waals surface area contributed by atoms with E-state index >= 15 is 0 Å². The van der Waals surface area contributed by atoms with Gasteiger partial charge in [0.25, 0.3) is 0 Å². The van der Waals surface area contributed by atoms with Crippen LogP contribution in [0.3, 0.4) is 0 Å². The van der Waals surface area contributed by atoms with Crippen molar-refractivity contribution < 1.29 is 8.42 Å². The van der Waals surface area contributed by atoms with Gasteiger partial charge in [0, 0.05) is 25.2 Å². The number of sulfone groups is 1. The van der Waals surface area contributed by atoms with Crippen LogP contribution in [0.1, 0.15) is 37.3 Å². The van der Waals surface area contributed by atoms with Crippen LogP contribution in [0.25, 0.3) is 11.4 Å². The van der Waals surface area contributed by atoms with Gasteiger partial charge in [-0.05, 0) is 54.7 Å². The number of hydrogen-bond donors (Lipinski definition) is 1. The van der Waals surface area contributed by atoms with Gasteiger partial charge < -0.3 is 9.88 Å². The fraction of sp³-hybridized carbons (Fsp3) is 0.400. The van der Waals surface area contributed by atoms with Crippen LogP contribution in [-0.2, 0) is 29.9 Å². The second-order valence-electron chi connectivity index (χ2n) is 8.29. The summed E-state index contributed by atoms with van der Waals surface area (Å²) in [6.45, 7) is 2.51. The number of nitrogens with zero attached hydrogens (tertiary/aromatic N) is 2. The first kappa shape index (κ1) is 23.1. The fourth-order valence-electron chi connectivity index (χ4n) is 4.19. The summed E-state index contributed by atoms with van der Waals surface area (Å²) >= 11 is 1.86. The van der Waals surface area contributed by atoms with Gasteiger partial charge in [0.2, 0.25) is 0 Å². The smallest absolute Gasteiger partial charge is 0.178 e. The summed E-state index contributed by atoms with van der Waals surface area (Å²) in [5, 5.41) is 4.86. The quantitative estimate of drug-likeness (QED) is 0.377. The highest BCUT2D eigenvalue weighted by Gasteiger charge is 2.19. The number of rotatable bonds is 8. The maximum absolute atomic E-state index is 12.2. The van der Waals surface area contributed by atoms with Crippen molar-refractivity contribution in [1.82, 2.24) is 14.9 Å². The van der Waals surface area contributed by atoms with Crippen molar-refractivity contribution in [3.8, 4) is 11.4 Å². The minimum Gasteiger partial charge on any atom is -0.322 e. The van der Waals surface area contributed by atoms with Crippen LogP contribution in [0.2, 0.25) is 0 Å². The number of imidazole rings is 1. The van der Waals surface area contributed by atoms with E-state index in [0.29, 0.717) is 10.9 Å². The Balaban J connectivity index is 1.28. The summed E-state index contributed by atoms with van der Waals surface area (Å²) in [6.07, 6.45) is 6.17. The third kappa shape index (κ3) is 5.27. The molecule has 0 spiro atoms. The lowest BCUT2D eigenvalue weighted by molar-refractivity contribution is 0.462. The predicted molar refractivity (Wildman–Crippen MR) is 132 cm³/mol. The number of fused-ring (bicyclic) bond motifs is 1. The van der Waals surface area contributed by atoms with Gasteiger partial charge in [0.1, 0.15) is 5.82 Å². The zero-order chi connectivity index (χ0) is 22.6. The van der Waals surface area contributed by atoms with Crippen LogP contribution in [0.5, 0.6) is 0 Å². The van der Waals surface area contributed by atoms with E-state index in [2.05, 4.69) is 34.0 Å². The van der Waals surface area contributed by atoms with Crippen molar-refractivity contribution in [2.24, 2.45) is 7.05 Å². The Bertz CT molecular complexity index is 1160. The van der Waals surface area contributed by atoms with Crippen LogP contribution < -0.4 is 5.32 Å². The van der Waals surface area contributed by atoms with Crippen LogP contribution in [0, 0.1) is 0 Å². The second-order valence-corrected chi connectivity index (χ2v) is 11.7. The Morgan fingerprint density at radius 1 is 1.16 bits per heavy atom.